The standard InChI is InChI=1S/C17H21N3O2S/c1-12-4-7-16(19-11-12)20-17(23)18-9-8-13-10-14(21-2)5-6-15(13)22-3/h4-7,10-11H,8-9H2,1-3H3,(H2,18,19,20,23). The van der Waals surface area contributed by atoms with Crippen LogP contribution in [0.4, 0.5) is 5.82 Å². The van der Waals surface area contributed by atoms with E-state index in [1.165, 1.54) is 0 Å². The van der Waals surface area contributed by atoms with E-state index in [0.717, 1.165) is 34.9 Å². The lowest BCUT2D eigenvalue weighted by Gasteiger charge is -2.12. The summed E-state index contributed by atoms with van der Waals surface area (Å²) in [4.78, 5) is 4.26. The minimum atomic E-state index is 0.545. The van der Waals surface area contributed by atoms with E-state index in [1.807, 2.05) is 37.3 Å². The summed E-state index contributed by atoms with van der Waals surface area (Å²) in [6, 6.07) is 9.64. The molecule has 2 rings (SSSR count). The van der Waals surface area contributed by atoms with Gasteiger partial charge in [0.2, 0.25) is 0 Å². The van der Waals surface area contributed by atoms with Gasteiger partial charge in [0.1, 0.15) is 17.3 Å². The Morgan fingerprint density at radius 3 is 2.65 bits per heavy atom. The SMILES string of the molecule is COc1ccc(OC)c(CCNC(=S)Nc2ccc(C)cn2)c1. The molecule has 0 saturated carbocycles. The molecule has 0 unspecified atom stereocenters. The first-order valence-corrected chi connectivity index (χ1v) is 7.71. The number of anilines is 1. The van der Waals surface area contributed by atoms with E-state index >= 15 is 0 Å². The number of nitrogens with one attached hydrogen (secondary N) is 2. The Bertz CT molecular complexity index is 659. The number of nitrogens with zero attached hydrogens (tertiary/aromatic N) is 1. The normalized spacial score (nSPS) is 10.0. The third kappa shape index (κ3) is 5.10. The van der Waals surface area contributed by atoms with Crippen LogP contribution in [0.15, 0.2) is 36.5 Å². The Balaban J connectivity index is 1.86. The molecule has 0 aliphatic carbocycles. The monoisotopic (exact) mass is 331 g/mol. The summed E-state index contributed by atoms with van der Waals surface area (Å²) in [5.41, 5.74) is 2.18. The first kappa shape index (κ1) is 17.0. The first-order valence-electron chi connectivity index (χ1n) is 7.31. The van der Waals surface area contributed by atoms with Gasteiger partial charge in [0.05, 0.1) is 14.2 Å². The molecular weight excluding hydrogens is 310 g/mol. The number of rotatable bonds is 6. The minimum absolute atomic E-state index is 0.545. The number of hydrogen-bond donors (Lipinski definition) is 2. The lowest BCUT2D eigenvalue weighted by Crippen LogP contribution is -2.30. The molecule has 1 aromatic heterocycles. The largest absolute Gasteiger partial charge is 0.497 e. The van der Waals surface area contributed by atoms with Gasteiger partial charge in [-0.15, -0.1) is 0 Å². The molecule has 2 N–H and O–H groups in total. The topological polar surface area (TPSA) is 55.4 Å². The second-order valence-electron chi connectivity index (χ2n) is 5.03. The van der Waals surface area contributed by atoms with E-state index in [0.29, 0.717) is 11.7 Å². The second kappa shape index (κ2) is 8.33. The number of aryl methyl sites for hydroxylation is 1. The van der Waals surface area contributed by atoms with Crippen molar-refractivity contribution in [3.8, 4) is 11.5 Å². The van der Waals surface area contributed by atoms with E-state index in [9.17, 15) is 0 Å². The van der Waals surface area contributed by atoms with Crippen LogP contribution in [0.25, 0.3) is 0 Å². The summed E-state index contributed by atoms with van der Waals surface area (Å²) < 4.78 is 10.6. The van der Waals surface area contributed by atoms with Crippen molar-refractivity contribution in [2.24, 2.45) is 0 Å². The van der Waals surface area contributed by atoms with Crippen molar-refractivity contribution in [1.29, 1.82) is 0 Å². The number of thiocarbonyl (C=S) groups is 1. The van der Waals surface area contributed by atoms with Crippen molar-refractivity contribution in [1.82, 2.24) is 10.3 Å². The molecule has 0 radical (unpaired) electrons. The molecular formula is C17H21N3O2S. The van der Waals surface area contributed by atoms with E-state index in [1.54, 1.807) is 20.4 Å². The van der Waals surface area contributed by atoms with Crippen molar-refractivity contribution in [3.05, 3.63) is 47.7 Å². The Morgan fingerprint density at radius 2 is 2.00 bits per heavy atom. The second-order valence-corrected chi connectivity index (χ2v) is 5.44. The van der Waals surface area contributed by atoms with Crippen LogP contribution < -0.4 is 20.1 Å². The zero-order valence-corrected chi connectivity index (χ0v) is 14.4. The summed E-state index contributed by atoms with van der Waals surface area (Å²) in [6.45, 7) is 2.68. The molecule has 0 atom stereocenters. The van der Waals surface area contributed by atoms with Crippen LogP contribution >= 0.6 is 12.2 Å². The van der Waals surface area contributed by atoms with Crippen molar-refractivity contribution in [2.75, 3.05) is 26.1 Å². The molecule has 2 aromatic rings. The van der Waals surface area contributed by atoms with Crippen molar-refractivity contribution >= 4 is 23.1 Å². The molecule has 0 aliphatic heterocycles. The fourth-order valence-corrected chi connectivity index (χ4v) is 2.30. The summed E-state index contributed by atoms with van der Waals surface area (Å²) in [7, 11) is 3.31. The molecule has 0 amide bonds. The highest BCUT2D eigenvalue weighted by molar-refractivity contribution is 7.80. The van der Waals surface area contributed by atoms with Crippen molar-refractivity contribution < 1.29 is 9.47 Å². The Labute approximate surface area is 142 Å². The van der Waals surface area contributed by atoms with Crippen LogP contribution in [0.5, 0.6) is 11.5 Å². The summed E-state index contributed by atoms with van der Waals surface area (Å²) in [5.74, 6) is 2.38. The van der Waals surface area contributed by atoms with E-state index in [-0.39, 0.29) is 0 Å². The molecule has 6 heteroatoms. The van der Waals surface area contributed by atoms with Gasteiger partial charge in [-0.2, -0.15) is 0 Å². The molecule has 122 valence electrons. The van der Waals surface area contributed by atoms with Crippen LogP contribution in [0.2, 0.25) is 0 Å². The fourth-order valence-electron chi connectivity index (χ4n) is 2.09. The van der Waals surface area contributed by atoms with Gasteiger partial charge < -0.3 is 20.1 Å². The van der Waals surface area contributed by atoms with E-state index < -0.39 is 0 Å². The molecule has 0 fully saturated rings. The summed E-state index contributed by atoms with van der Waals surface area (Å²) in [5, 5.41) is 6.77. The maximum atomic E-state index is 5.37. The average Bonchev–Trinajstić information content (AvgIpc) is 2.57. The average molecular weight is 331 g/mol. The van der Waals surface area contributed by atoms with Crippen LogP contribution in [0.1, 0.15) is 11.1 Å². The van der Waals surface area contributed by atoms with Gasteiger partial charge in [0.15, 0.2) is 5.11 Å². The van der Waals surface area contributed by atoms with Gasteiger partial charge in [0.25, 0.3) is 0 Å². The van der Waals surface area contributed by atoms with Gasteiger partial charge in [-0.3, -0.25) is 0 Å². The van der Waals surface area contributed by atoms with Gasteiger partial charge >= 0.3 is 0 Å². The Kier molecular flexibility index (Phi) is 6.17. The minimum Gasteiger partial charge on any atom is -0.497 e. The number of aromatic nitrogens is 1. The van der Waals surface area contributed by atoms with Crippen LogP contribution in [-0.2, 0) is 6.42 Å². The zero-order valence-electron chi connectivity index (χ0n) is 13.6. The van der Waals surface area contributed by atoms with Gasteiger partial charge in [-0.1, -0.05) is 6.07 Å². The summed E-state index contributed by atoms with van der Waals surface area (Å²) >= 11 is 5.28. The van der Waals surface area contributed by atoms with Crippen LogP contribution in [-0.4, -0.2) is 30.9 Å². The smallest absolute Gasteiger partial charge is 0.171 e. The van der Waals surface area contributed by atoms with Crippen molar-refractivity contribution in [3.63, 3.8) is 0 Å². The number of pyridine rings is 1. The molecule has 5 nitrogen and oxygen atoms in total. The number of benzene rings is 1. The van der Waals surface area contributed by atoms with Crippen LogP contribution in [0, 0.1) is 6.92 Å². The molecule has 0 saturated heterocycles. The first-order chi connectivity index (χ1) is 11.1. The summed E-state index contributed by atoms with van der Waals surface area (Å²) in [6.07, 6.45) is 2.57. The van der Waals surface area contributed by atoms with Gasteiger partial charge in [0, 0.05) is 12.7 Å². The molecule has 0 spiro atoms. The zero-order chi connectivity index (χ0) is 16.7. The maximum absolute atomic E-state index is 5.37. The molecule has 23 heavy (non-hydrogen) atoms. The lowest BCUT2D eigenvalue weighted by atomic mass is 10.1. The highest BCUT2D eigenvalue weighted by Crippen LogP contribution is 2.24. The third-order valence-electron chi connectivity index (χ3n) is 3.32. The molecule has 1 aromatic carbocycles. The molecule has 0 bridgehead atoms. The Morgan fingerprint density at radius 1 is 1.17 bits per heavy atom. The van der Waals surface area contributed by atoms with Crippen LogP contribution in [0.3, 0.4) is 0 Å². The maximum Gasteiger partial charge on any atom is 0.171 e. The number of ether oxygens (including phenoxy) is 2. The number of methoxy groups -OCH3 is 2. The molecule has 1 heterocycles. The predicted octanol–water partition coefficient (Wildman–Crippen LogP) is 2.94. The highest BCUT2D eigenvalue weighted by atomic mass is 32.1. The van der Waals surface area contributed by atoms with Gasteiger partial charge in [-0.25, -0.2) is 4.98 Å². The van der Waals surface area contributed by atoms with E-state index in [2.05, 4.69) is 15.6 Å². The molecule has 0 aliphatic rings. The number of hydrogen-bond acceptors (Lipinski definition) is 4. The third-order valence-corrected chi connectivity index (χ3v) is 3.57. The quantitative estimate of drug-likeness (QED) is 0.794. The Hall–Kier alpha value is -2.34. The van der Waals surface area contributed by atoms with Crippen molar-refractivity contribution in [2.45, 2.75) is 13.3 Å². The lowest BCUT2D eigenvalue weighted by molar-refractivity contribution is 0.398. The van der Waals surface area contributed by atoms with E-state index in [4.69, 9.17) is 21.7 Å². The van der Waals surface area contributed by atoms with Gasteiger partial charge in [-0.05, 0) is 61.0 Å². The fraction of sp³-hybridized carbons (Fsp3) is 0.294. The predicted molar refractivity (Wildman–Crippen MR) is 96.4 cm³/mol. The highest BCUT2D eigenvalue weighted by Gasteiger charge is 2.05.